The van der Waals surface area contributed by atoms with E-state index in [4.69, 9.17) is 17.0 Å². The number of carbonyl (C=O) groups is 3. The van der Waals surface area contributed by atoms with Crippen LogP contribution in [0.25, 0.3) is 6.08 Å². The Morgan fingerprint density at radius 2 is 1.94 bits per heavy atom. The van der Waals surface area contributed by atoms with Crippen LogP contribution in [0.4, 0.5) is 5.69 Å². The number of nitro groups is 1. The Balaban J connectivity index is 1.78. The molecule has 1 aliphatic rings. The average molecular weight is 488 g/mol. The van der Waals surface area contributed by atoms with Crippen molar-refractivity contribution in [2.45, 2.75) is 19.4 Å². The minimum atomic E-state index is -1.10. The molecule has 10 nitrogen and oxygen atoms in total. The van der Waals surface area contributed by atoms with Crippen molar-refractivity contribution >= 4 is 57.8 Å². The number of hydrogen-bond acceptors (Lipinski definition) is 8. The lowest BCUT2D eigenvalue weighted by Crippen LogP contribution is -2.44. The summed E-state index contributed by atoms with van der Waals surface area (Å²) in [5.74, 6) is -2.07. The Hall–Kier alpha value is -3.77. The molecule has 2 amide bonds. The maximum Gasteiger partial charge on any atom is 0.344 e. The second-order valence-electron chi connectivity index (χ2n) is 6.65. The number of carbonyl (C=O) groups excluding carboxylic acids is 2. The van der Waals surface area contributed by atoms with E-state index in [0.717, 1.165) is 16.8 Å². The third-order valence-electron chi connectivity index (χ3n) is 4.47. The number of nitro benzene ring substituents is 1. The van der Waals surface area contributed by atoms with Gasteiger partial charge < -0.3 is 9.84 Å². The molecule has 33 heavy (non-hydrogen) atoms. The number of thiocarbonyl (C=S) groups is 1. The van der Waals surface area contributed by atoms with Crippen LogP contribution in [0, 0.1) is 10.1 Å². The van der Waals surface area contributed by atoms with Gasteiger partial charge in [-0.05, 0) is 42.9 Å². The van der Waals surface area contributed by atoms with E-state index >= 15 is 0 Å². The van der Waals surface area contributed by atoms with Crippen molar-refractivity contribution in [2.24, 2.45) is 0 Å². The molecule has 1 fully saturated rings. The summed E-state index contributed by atoms with van der Waals surface area (Å²) < 4.78 is 5.66. The highest BCUT2D eigenvalue weighted by Gasteiger charge is 2.34. The number of aliphatic carboxylic acids is 1. The zero-order valence-corrected chi connectivity index (χ0v) is 18.7. The topological polar surface area (TPSA) is 139 Å². The van der Waals surface area contributed by atoms with E-state index in [-0.39, 0.29) is 32.6 Å². The lowest BCUT2D eigenvalue weighted by atomic mass is 10.1. The summed E-state index contributed by atoms with van der Waals surface area (Å²) in [6.07, 6.45) is 0.705. The van der Waals surface area contributed by atoms with E-state index < -0.39 is 28.8 Å². The molecular formula is C21H17N3O7S2. The fraction of sp³-hybridized carbons (Fsp3) is 0.143. The number of para-hydroxylation sites is 1. The van der Waals surface area contributed by atoms with Crippen LogP contribution in [0.1, 0.15) is 29.3 Å². The van der Waals surface area contributed by atoms with Gasteiger partial charge in [0.25, 0.3) is 17.5 Å². The van der Waals surface area contributed by atoms with Crippen molar-refractivity contribution in [3.8, 4) is 5.75 Å². The third-order valence-corrected chi connectivity index (χ3v) is 5.77. The molecule has 1 atom stereocenters. The molecule has 0 aliphatic carbocycles. The van der Waals surface area contributed by atoms with Crippen molar-refractivity contribution in [2.75, 3.05) is 0 Å². The molecule has 0 saturated carbocycles. The first kappa shape index (κ1) is 23.9. The van der Waals surface area contributed by atoms with Crippen LogP contribution < -0.4 is 10.2 Å². The molecule has 0 spiro atoms. The number of hydrazine groups is 1. The Kier molecular flexibility index (Phi) is 7.41. The highest BCUT2D eigenvalue weighted by Crippen LogP contribution is 2.33. The average Bonchev–Trinajstić information content (AvgIpc) is 3.05. The monoisotopic (exact) mass is 487 g/mol. The molecule has 2 aromatic carbocycles. The molecule has 12 heteroatoms. The lowest BCUT2D eigenvalue weighted by molar-refractivity contribution is -0.384. The molecule has 3 rings (SSSR count). The number of nitrogens with zero attached hydrogens (tertiary/aromatic N) is 2. The standard InChI is InChI=1S/C21H17N3O7S2/c1-2-15(20(27)28)31-16-6-4-3-5-13(16)11-17-19(26)23(21(32)33-17)22-18(25)12-7-9-14(10-8-12)24(29)30/h3-11,15H,2H2,1H3,(H,22,25)(H,27,28)/b17-11+. The molecule has 1 heterocycles. The Morgan fingerprint density at radius 1 is 1.27 bits per heavy atom. The minimum Gasteiger partial charge on any atom is -0.479 e. The smallest absolute Gasteiger partial charge is 0.344 e. The fourth-order valence-electron chi connectivity index (χ4n) is 2.77. The number of non-ortho nitro benzene ring substituents is 1. The summed E-state index contributed by atoms with van der Waals surface area (Å²) in [4.78, 5) is 47.0. The van der Waals surface area contributed by atoms with Gasteiger partial charge >= 0.3 is 5.97 Å². The maximum atomic E-state index is 12.8. The van der Waals surface area contributed by atoms with Gasteiger partial charge in [-0.15, -0.1) is 0 Å². The molecule has 1 saturated heterocycles. The molecule has 1 unspecified atom stereocenters. The van der Waals surface area contributed by atoms with E-state index in [0.29, 0.717) is 5.56 Å². The number of carboxylic acid groups (broad SMARTS) is 1. The molecule has 0 aromatic heterocycles. The molecule has 1 aliphatic heterocycles. The first-order chi connectivity index (χ1) is 15.7. The number of benzene rings is 2. The third kappa shape index (κ3) is 5.54. The van der Waals surface area contributed by atoms with Gasteiger partial charge in [0.05, 0.1) is 9.83 Å². The van der Waals surface area contributed by atoms with E-state index in [9.17, 15) is 29.6 Å². The Bertz CT molecular complexity index is 1160. The number of amides is 2. The number of rotatable bonds is 8. The first-order valence-corrected chi connectivity index (χ1v) is 10.8. The van der Waals surface area contributed by atoms with Gasteiger partial charge in [-0.2, -0.15) is 5.01 Å². The maximum absolute atomic E-state index is 12.8. The van der Waals surface area contributed by atoms with Crippen molar-refractivity contribution in [1.29, 1.82) is 0 Å². The van der Waals surface area contributed by atoms with Crippen LogP contribution in [0.3, 0.4) is 0 Å². The first-order valence-electron chi connectivity index (χ1n) is 9.53. The van der Waals surface area contributed by atoms with E-state index in [1.807, 2.05) is 0 Å². The zero-order chi connectivity index (χ0) is 24.1. The second kappa shape index (κ2) is 10.2. The van der Waals surface area contributed by atoms with Gasteiger partial charge in [0.1, 0.15) is 5.75 Å². The lowest BCUT2D eigenvalue weighted by Gasteiger charge is -2.16. The highest BCUT2D eigenvalue weighted by atomic mass is 32.2. The van der Waals surface area contributed by atoms with Gasteiger partial charge in [-0.25, -0.2) is 4.79 Å². The summed E-state index contributed by atoms with van der Waals surface area (Å²) in [5, 5.41) is 20.9. The summed E-state index contributed by atoms with van der Waals surface area (Å²) >= 11 is 6.16. The number of hydrogen-bond donors (Lipinski definition) is 2. The number of thioether (sulfide) groups is 1. The van der Waals surface area contributed by atoms with Gasteiger partial charge in [0, 0.05) is 23.3 Å². The SMILES string of the molecule is CCC(Oc1ccccc1/C=C1/SC(=S)N(NC(=O)c2ccc([N+](=O)[O-])cc2)C1=O)C(=O)O. The van der Waals surface area contributed by atoms with Crippen LogP contribution in [0.15, 0.2) is 53.4 Å². The van der Waals surface area contributed by atoms with Crippen LogP contribution in [-0.4, -0.2) is 43.2 Å². The van der Waals surface area contributed by atoms with Crippen molar-refractivity contribution < 1.29 is 29.2 Å². The molecule has 170 valence electrons. The van der Waals surface area contributed by atoms with Crippen LogP contribution in [0.5, 0.6) is 5.75 Å². The van der Waals surface area contributed by atoms with Gasteiger partial charge in [0.15, 0.2) is 10.4 Å². The second-order valence-corrected chi connectivity index (χ2v) is 8.33. The number of ether oxygens (including phenoxy) is 1. The summed E-state index contributed by atoms with van der Waals surface area (Å²) in [6, 6.07) is 11.5. The predicted octanol–water partition coefficient (Wildman–Crippen LogP) is 3.38. The molecule has 0 bridgehead atoms. The summed E-state index contributed by atoms with van der Waals surface area (Å²) in [7, 11) is 0. The predicted molar refractivity (Wildman–Crippen MR) is 124 cm³/mol. The highest BCUT2D eigenvalue weighted by molar-refractivity contribution is 8.26. The largest absolute Gasteiger partial charge is 0.479 e. The van der Waals surface area contributed by atoms with Gasteiger partial charge in [-0.3, -0.25) is 25.1 Å². The normalized spacial score (nSPS) is 15.4. The van der Waals surface area contributed by atoms with Crippen molar-refractivity contribution in [1.82, 2.24) is 10.4 Å². The molecule has 0 radical (unpaired) electrons. The Labute approximate surface area is 197 Å². The Morgan fingerprint density at radius 3 is 2.55 bits per heavy atom. The van der Waals surface area contributed by atoms with Gasteiger partial charge in [-0.1, -0.05) is 36.9 Å². The quantitative estimate of drug-likeness (QED) is 0.248. The van der Waals surface area contributed by atoms with Crippen molar-refractivity contribution in [3.05, 3.63) is 74.7 Å². The van der Waals surface area contributed by atoms with Gasteiger partial charge in [0.2, 0.25) is 0 Å². The van der Waals surface area contributed by atoms with Crippen molar-refractivity contribution in [3.63, 3.8) is 0 Å². The summed E-state index contributed by atoms with van der Waals surface area (Å²) in [6.45, 7) is 1.68. The molecule has 2 aromatic rings. The van der Waals surface area contributed by atoms with E-state index in [1.54, 1.807) is 31.2 Å². The molecular weight excluding hydrogens is 470 g/mol. The zero-order valence-electron chi connectivity index (χ0n) is 17.1. The molecule has 2 N–H and O–H groups in total. The number of carboxylic acids is 1. The van der Waals surface area contributed by atoms with Crippen LogP contribution in [0.2, 0.25) is 0 Å². The van der Waals surface area contributed by atoms with Crippen LogP contribution >= 0.6 is 24.0 Å². The van der Waals surface area contributed by atoms with Crippen LogP contribution in [-0.2, 0) is 9.59 Å². The van der Waals surface area contributed by atoms with E-state index in [2.05, 4.69) is 5.43 Å². The van der Waals surface area contributed by atoms with E-state index in [1.165, 1.54) is 30.3 Å². The minimum absolute atomic E-state index is 0.0804. The number of nitrogens with one attached hydrogen (secondary N) is 1. The fourth-order valence-corrected chi connectivity index (χ4v) is 3.95. The summed E-state index contributed by atoms with van der Waals surface area (Å²) in [5.41, 5.74) is 2.80.